The molecule has 2 aromatic heterocycles. The van der Waals surface area contributed by atoms with Crippen molar-refractivity contribution in [3.63, 3.8) is 0 Å². The number of nitrogen functional groups attached to an aromatic ring is 2. The van der Waals surface area contributed by atoms with Crippen molar-refractivity contribution in [1.82, 2.24) is 10.1 Å². The quantitative estimate of drug-likeness (QED) is 0.205. The average molecular weight is 430 g/mol. The molecular weight excluding hydrogens is 408 g/mol. The Balaban J connectivity index is 1.64. The number of benzene rings is 2. The number of amides is 1. The molecule has 0 aliphatic carbocycles. The highest BCUT2D eigenvalue weighted by atomic mass is 16.5. The molecule has 0 aliphatic rings. The SMILES string of the molecule is COc1nc(-c2ccc(NN)c(N)c2)ccc1NC(=O)c1c(-c2ccccc2)noc1C. The number of pyridine rings is 1. The van der Waals surface area contributed by atoms with Crippen LogP contribution in [0.2, 0.25) is 0 Å². The van der Waals surface area contributed by atoms with Crippen LogP contribution in [0.3, 0.4) is 0 Å². The van der Waals surface area contributed by atoms with Crippen molar-refractivity contribution in [2.24, 2.45) is 5.84 Å². The zero-order chi connectivity index (χ0) is 22.7. The summed E-state index contributed by atoms with van der Waals surface area (Å²) in [4.78, 5) is 17.6. The van der Waals surface area contributed by atoms with Gasteiger partial charge in [0, 0.05) is 11.1 Å². The Bertz CT molecular complexity index is 1270. The van der Waals surface area contributed by atoms with Crippen LogP contribution in [0.1, 0.15) is 16.1 Å². The van der Waals surface area contributed by atoms with Crippen molar-refractivity contribution < 1.29 is 14.1 Å². The smallest absolute Gasteiger partial charge is 0.261 e. The maximum Gasteiger partial charge on any atom is 0.261 e. The number of carbonyl (C=O) groups is 1. The molecule has 0 atom stereocenters. The van der Waals surface area contributed by atoms with E-state index in [1.54, 1.807) is 31.2 Å². The van der Waals surface area contributed by atoms with Crippen molar-refractivity contribution in [1.29, 1.82) is 0 Å². The zero-order valence-electron chi connectivity index (χ0n) is 17.5. The molecule has 2 aromatic carbocycles. The number of ether oxygens (including phenoxy) is 1. The Kier molecular flexibility index (Phi) is 5.73. The van der Waals surface area contributed by atoms with Crippen LogP contribution in [0.4, 0.5) is 17.1 Å². The first-order valence-corrected chi connectivity index (χ1v) is 9.76. The van der Waals surface area contributed by atoms with Crippen LogP contribution in [-0.2, 0) is 0 Å². The second kappa shape index (κ2) is 8.78. The molecule has 162 valence electrons. The lowest BCUT2D eigenvalue weighted by atomic mass is 10.1. The Labute approximate surface area is 184 Å². The van der Waals surface area contributed by atoms with Crippen LogP contribution in [0, 0.1) is 6.92 Å². The summed E-state index contributed by atoms with van der Waals surface area (Å²) >= 11 is 0. The maximum atomic E-state index is 13.1. The number of aryl methyl sites for hydroxylation is 1. The summed E-state index contributed by atoms with van der Waals surface area (Å²) in [6.45, 7) is 1.69. The molecule has 6 N–H and O–H groups in total. The van der Waals surface area contributed by atoms with Crippen molar-refractivity contribution in [3.8, 4) is 28.4 Å². The molecule has 9 nitrogen and oxygen atoms in total. The van der Waals surface area contributed by atoms with Gasteiger partial charge in [0.15, 0.2) is 0 Å². The molecule has 0 saturated heterocycles. The summed E-state index contributed by atoms with van der Waals surface area (Å²) in [6.07, 6.45) is 0. The molecule has 0 saturated carbocycles. The van der Waals surface area contributed by atoms with Gasteiger partial charge in [0.1, 0.15) is 22.7 Å². The highest BCUT2D eigenvalue weighted by Gasteiger charge is 2.23. The molecule has 0 radical (unpaired) electrons. The van der Waals surface area contributed by atoms with Gasteiger partial charge in [0.2, 0.25) is 5.88 Å². The number of aromatic nitrogens is 2. The van der Waals surface area contributed by atoms with Gasteiger partial charge < -0.3 is 25.7 Å². The highest BCUT2D eigenvalue weighted by Crippen LogP contribution is 2.31. The monoisotopic (exact) mass is 430 g/mol. The minimum absolute atomic E-state index is 0.255. The standard InChI is InChI=1S/C23H22N6O3/c1-13-20(21(29-32-13)14-6-4-3-5-7-14)22(30)26-19-11-10-17(27-23(19)31-2)15-8-9-18(28-25)16(24)12-15/h3-12,28H,24-25H2,1-2H3,(H,26,30). The van der Waals surface area contributed by atoms with Gasteiger partial charge in [0.25, 0.3) is 5.91 Å². The van der Waals surface area contributed by atoms with Gasteiger partial charge in [-0.25, -0.2) is 4.98 Å². The second-order valence-corrected chi connectivity index (χ2v) is 6.98. The third kappa shape index (κ3) is 3.96. The third-order valence-electron chi connectivity index (χ3n) is 4.94. The van der Waals surface area contributed by atoms with Crippen molar-refractivity contribution in [2.75, 3.05) is 23.6 Å². The number of hydrogen-bond donors (Lipinski definition) is 4. The molecule has 0 fully saturated rings. The lowest BCUT2D eigenvalue weighted by molar-refractivity contribution is 0.102. The summed E-state index contributed by atoms with van der Waals surface area (Å²) < 4.78 is 10.7. The van der Waals surface area contributed by atoms with E-state index in [-0.39, 0.29) is 11.8 Å². The molecular formula is C23H22N6O3. The number of nitrogens with one attached hydrogen (secondary N) is 2. The summed E-state index contributed by atoms with van der Waals surface area (Å²) in [5, 5.41) is 6.90. The second-order valence-electron chi connectivity index (χ2n) is 6.98. The molecule has 0 spiro atoms. The predicted molar refractivity (Wildman–Crippen MR) is 123 cm³/mol. The van der Waals surface area contributed by atoms with E-state index in [2.05, 4.69) is 20.9 Å². The molecule has 4 rings (SSSR count). The summed E-state index contributed by atoms with van der Waals surface area (Å²) in [7, 11) is 1.48. The van der Waals surface area contributed by atoms with E-state index >= 15 is 0 Å². The maximum absolute atomic E-state index is 13.1. The number of nitrogens with two attached hydrogens (primary N) is 2. The van der Waals surface area contributed by atoms with Crippen LogP contribution in [0.5, 0.6) is 5.88 Å². The molecule has 9 heteroatoms. The number of methoxy groups -OCH3 is 1. The fourth-order valence-corrected chi connectivity index (χ4v) is 3.32. The Morgan fingerprint density at radius 1 is 1.03 bits per heavy atom. The number of hydrazine groups is 1. The van der Waals surface area contributed by atoms with Gasteiger partial charge in [-0.15, -0.1) is 0 Å². The first-order chi connectivity index (χ1) is 15.5. The summed E-state index contributed by atoms with van der Waals surface area (Å²) in [6, 6.07) is 18.2. The molecule has 2 heterocycles. The third-order valence-corrected chi connectivity index (χ3v) is 4.94. The van der Waals surface area contributed by atoms with E-state index in [0.717, 1.165) is 11.1 Å². The van der Waals surface area contributed by atoms with E-state index in [4.69, 9.17) is 20.8 Å². The Morgan fingerprint density at radius 2 is 1.78 bits per heavy atom. The average Bonchev–Trinajstić information content (AvgIpc) is 3.21. The fourth-order valence-electron chi connectivity index (χ4n) is 3.32. The Hall–Kier alpha value is -4.37. The van der Waals surface area contributed by atoms with Gasteiger partial charge in [-0.1, -0.05) is 41.6 Å². The van der Waals surface area contributed by atoms with E-state index < -0.39 is 0 Å². The predicted octanol–water partition coefficient (Wildman–Crippen LogP) is 3.84. The number of carbonyl (C=O) groups excluding carboxylic acids is 1. The van der Waals surface area contributed by atoms with Crippen molar-refractivity contribution in [3.05, 3.63) is 72.0 Å². The zero-order valence-corrected chi connectivity index (χ0v) is 17.5. The lowest BCUT2D eigenvalue weighted by Crippen LogP contribution is -2.14. The fraction of sp³-hybridized carbons (Fsp3) is 0.0870. The summed E-state index contributed by atoms with van der Waals surface area (Å²) in [5.74, 6) is 5.72. The van der Waals surface area contributed by atoms with E-state index in [0.29, 0.717) is 39.8 Å². The minimum atomic E-state index is -0.377. The molecule has 32 heavy (non-hydrogen) atoms. The van der Waals surface area contributed by atoms with Gasteiger partial charge >= 0.3 is 0 Å². The first kappa shape index (κ1) is 20.9. The van der Waals surface area contributed by atoms with Gasteiger partial charge in [-0.2, -0.15) is 0 Å². The van der Waals surface area contributed by atoms with Crippen molar-refractivity contribution >= 4 is 23.0 Å². The van der Waals surface area contributed by atoms with E-state index in [9.17, 15) is 4.79 Å². The largest absolute Gasteiger partial charge is 0.479 e. The van der Waals surface area contributed by atoms with Crippen LogP contribution in [0.15, 0.2) is 65.2 Å². The number of rotatable bonds is 6. The number of anilines is 3. The van der Waals surface area contributed by atoms with Gasteiger partial charge in [0.05, 0.1) is 24.2 Å². The topological polar surface area (TPSA) is 141 Å². The molecule has 0 bridgehead atoms. The van der Waals surface area contributed by atoms with Gasteiger partial charge in [-0.05, 0) is 31.2 Å². The molecule has 4 aromatic rings. The van der Waals surface area contributed by atoms with Crippen LogP contribution in [0.25, 0.3) is 22.5 Å². The van der Waals surface area contributed by atoms with Gasteiger partial charge in [-0.3, -0.25) is 10.6 Å². The molecule has 0 aliphatic heterocycles. The molecule has 0 unspecified atom stereocenters. The minimum Gasteiger partial charge on any atom is -0.479 e. The van der Waals surface area contributed by atoms with Crippen LogP contribution < -0.4 is 27.1 Å². The normalized spacial score (nSPS) is 10.6. The molecule has 1 amide bonds. The highest BCUT2D eigenvalue weighted by molar-refractivity contribution is 6.09. The number of nitrogens with zero attached hydrogens (tertiary/aromatic N) is 2. The number of hydrogen-bond acceptors (Lipinski definition) is 8. The summed E-state index contributed by atoms with van der Waals surface area (Å²) in [5.41, 5.74) is 13.0. The Morgan fingerprint density at radius 3 is 2.47 bits per heavy atom. The first-order valence-electron chi connectivity index (χ1n) is 9.76. The van der Waals surface area contributed by atoms with E-state index in [1.165, 1.54) is 7.11 Å². The van der Waals surface area contributed by atoms with Crippen molar-refractivity contribution in [2.45, 2.75) is 6.92 Å². The van der Waals surface area contributed by atoms with E-state index in [1.807, 2.05) is 36.4 Å². The van der Waals surface area contributed by atoms with Crippen LogP contribution >= 0.6 is 0 Å². The van der Waals surface area contributed by atoms with Crippen LogP contribution in [-0.4, -0.2) is 23.2 Å². The lowest BCUT2D eigenvalue weighted by Gasteiger charge is -2.12.